The lowest BCUT2D eigenvalue weighted by Gasteiger charge is -2.08. The average molecular weight is 289 g/mol. The number of nitrogens with one attached hydrogen (secondary N) is 2. The second kappa shape index (κ2) is 7.56. The summed E-state index contributed by atoms with van der Waals surface area (Å²) in [6.45, 7) is 0.884. The Morgan fingerprint density at radius 2 is 1.85 bits per heavy atom. The van der Waals surface area contributed by atoms with Crippen molar-refractivity contribution in [2.45, 2.75) is 6.42 Å². The first-order chi connectivity index (χ1) is 9.74. The summed E-state index contributed by atoms with van der Waals surface area (Å²) in [4.78, 5) is 11.7. The zero-order chi connectivity index (χ0) is 14.2. The second-order valence-electron chi connectivity index (χ2n) is 4.45. The van der Waals surface area contributed by atoms with Gasteiger partial charge < -0.3 is 10.6 Å². The number of carbonyl (C=O) groups is 1. The van der Waals surface area contributed by atoms with Crippen LogP contribution in [-0.4, -0.2) is 19.0 Å². The third kappa shape index (κ3) is 4.94. The summed E-state index contributed by atoms with van der Waals surface area (Å²) in [6.07, 6.45) is 0.775. The largest absolute Gasteiger partial charge is 0.376 e. The molecule has 2 aromatic carbocycles. The number of carbonyl (C=O) groups excluding carboxylic acids is 1. The Bertz CT molecular complexity index is 557. The van der Waals surface area contributed by atoms with Crippen LogP contribution in [0.4, 0.5) is 5.69 Å². The van der Waals surface area contributed by atoms with Crippen molar-refractivity contribution in [3.05, 3.63) is 65.2 Å². The molecule has 0 unspecified atom stereocenters. The molecule has 2 rings (SSSR count). The normalized spacial score (nSPS) is 10.1. The Morgan fingerprint density at radius 1 is 1.05 bits per heavy atom. The van der Waals surface area contributed by atoms with Crippen LogP contribution in [-0.2, 0) is 11.2 Å². The van der Waals surface area contributed by atoms with E-state index >= 15 is 0 Å². The molecule has 0 saturated heterocycles. The molecule has 104 valence electrons. The average Bonchev–Trinajstić information content (AvgIpc) is 2.46. The highest BCUT2D eigenvalue weighted by Crippen LogP contribution is 2.10. The van der Waals surface area contributed by atoms with E-state index in [2.05, 4.69) is 10.6 Å². The molecule has 0 atom stereocenters. The van der Waals surface area contributed by atoms with E-state index in [1.807, 2.05) is 54.6 Å². The lowest BCUT2D eigenvalue weighted by atomic mass is 10.1. The fraction of sp³-hybridized carbons (Fsp3) is 0.188. The van der Waals surface area contributed by atoms with E-state index in [9.17, 15) is 4.79 Å². The van der Waals surface area contributed by atoms with Gasteiger partial charge >= 0.3 is 0 Å². The molecule has 0 fully saturated rings. The molecule has 0 aromatic heterocycles. The molecule has 20 heavy (non-hydrogen) atoms. The standard InChI is InChI=1S/C16H17ClN2O/c17-14-6-4-5-13(11-14)9-10-18-16(20)12-19-15-7-2-1-3-8-15/h1-8,11,19H,9-10,12H2,(H,18,20). The van der Waals surface area contributed by atoms with Crippen molar-refractivity contribution in [2.24, 2.45) is 0 Å². The fourth-order valence-electron chi connectivity index (χ4n) is 1.84. The van der Waals surface area contributed by atoms with Gasteiger partial charge in [0.15, 0.2) is 0 Å². The molecular weight excluding hydrogens is 272 g/mol. The second-order valence-corrected chi connectivity index (χ2v) is 4.89. The van der Waals surface area contributed by atoms with Crippen LogP contribution in [0.3, 0.4) is 0 Å². The van der Waals surface area contributed by atoms with Crippen LogP contribution >= 0.6 is 11.6 Å². The number of halogens is 1. The van der Waals surface area contributed by atoms with Gasteiger partial charge in [0.1, 0.15) is 0 Å². The smallest absolute Gasteiger partial charge is 0.239 e. The molecule has 0 spiro atoms. The number of benzene rings is 2. The van der Waals surface area contributed by atoms with E-state index in [-0.39, 0.29) is 12.5 Å². The first-order valence-corrected chi connectivity index (χ1v) is 6.92. The van der Waals surface area contributed by atoms with Gasteiger partial charge in [-0.3, -0.25) is 4.79 Å². The minimum atomic E-state index is -0.0177. The van der Waals surface area contributed by atoms with Crippen LogP contribution in [0, 0.1) is 0 Å². The molecule has 3 nitrogen and oxygen atoms in total. The molecule has 4 heteroatoms. The Labute approximate surface area is 124 Å². The Hall–Kier alpha value is -2.00. The molecule has 2 aromatic rings. The van der Waals surface area contributed by atoms with E-state index < -0.39 is 0 Å². The summed E-state index contributed by atoms with van der Waals surface area (Å²) in [5.74, 6) is -0.0177. The van der Waals surface area contributed by atoms with Gasteiger partial charge in [-0.1, -0.05) is 41.9 Å². The van der Waals surface area contributed by atoms with Crippen LogP contribution in [0.25, 0.3) is 0 Å². The van der Waals surface area contributed by atoms with Crippen molar-refractivity contribution in [2.75, 3.05) is 18.4 Å². The zero-order valence-electron chi connectivity index (χ0n) is 11.1. The van der Waals surface area contributed by atoms with Gasteiger partial charge in [-0.25, -0.2) is 0 Å². The first-order valence-electron chi connectivity index (χ1n) is 6.54. The predicted molar refractivity (Wildman–Crippen MR) is 83.1 cm³/mol. The van der Waals surface area contributed by atoms with Gasteiger partial charge in [-0.15, -0.1) is 0 Å². The van der Waals surface area contributed by atoms with Gasteiger partial charge in [0.05, 0.1) is 6.54 Å². The van der Waals surface area contributed by atoms with Gasteiger partial charge in [0, 0.05) is 17.3 Å². The summed E-state index contributed by atoms with van der Waals surface area (Å²) in [6, 6.07) is 17.3. The fourth-order valence-corrected chi connectivity index (χ4v) is 2.05. The predicted octanol–water partition coefficient (Wildman–Crippen LogP) is 3.11. The Morgan fingerprint density at radius 3 is 2.60 bits per heavy atom. The number of anilines is 1. The minimum Gasteiger partial charge on any atom is -0.376 e. The van der Waals surface area contributed by atoms with E-state index in [0.29, 0.717) is 6.54 Å². The van der Waals surface area contributed by atoms with E-state index in [1.165, 1.54) is 0 Å². The van der Waals surface area contributed by atoms with E-state index in [1.54, 1.807) is 0 Å². The maximum Gasteiger partial charge on any atom is 0.239 e. The third-order valence-electron chi connectivity index (χ3n) is 2.85. The number of hydrogen-bond acceptors (Lipinski definition) is 2. The highest BCUT2D eigenvalue weighted by Gasteiger charge is 2.01. The summed E-state index contributed by atoms with van der Waals surface area (Å²) in [7, 11) is 0. The van der Waals surface area contributed by atoms with E-state index in [4.69, 9.17) is 11.6 Å². The Kier molecular flexibility index (Phi) is 5.44. The van der Waals surface area contributed by atoms with Crippen molar-refractivity contribution in [1.29, 1.82) is 0 Å². The van der Waals surface area contributed by atoms with Crippen molar-refractivity contribution in [3.63, 3.8) is 0 Å². The molecule has 0 radical (unpaired) electrons. The zero-order valence-corrected chi connectivity index (χ0v) is 11.9. The summed E-state index contributed by atoms with van der Waals surface area (Å²) < 4.78 is 0. The van der Waals surface area contributed by atoms with Gasteiger partial charge in [0.2, 0.25) is 5.91 Å². The highest BCUT2D eigenvalue weighted by molar-refractivity contribution is 6.30. The van der Waals surface area contributed by atoms with Crippen molar-refractivity contribution in [1.82, 2.24) is 5.32 Å². The molecule has 0 aliphatic rings. The number of hydrogen-bond donors (Lipinski definition) is 2. The molecule has 0 bridgehead atoms. The highest BCUT2D eigenvalue weighted by atomic mass is 35.5. The summed E-state index contributed by atoms with van der Waals surface area (Å²) >= 11 is 5.91. The van der Waals surface area contributed by atoms with Crippen LogP contribution in [0.1, 0.15) is 5.56 Å². The molecule has 2 N–H and O–H groups in total. The SMILES string of the molecule is O=C(CNc1ccccc1)NCCc1cccc(Cl)c1. The molecule has 0 aliphatic carbocycles. The minimum absolute atomic E-state index is 0.0177. The maximum absolute atomic E-state index is 11.7. The summed E-state index contributed by atoms with van der Waals surface area (Å²) in [5.41, 5.74) is 2.06. The molecule has 0 aliphatic heterocycles. The van der Waals surface area contributed by atoms with Gasteiger partial charge in [-0.05, 0) is 36.2 Å². The van der Waals surface area contributed by atoms with Crippen molar-refractivity contribution < 1.29 is 4.79 Å². The number of para-hydroxylation sites is 1. The lowest BCUT2D eigenvalue weighted by Crippen LogP contribution is -2.31. The van der Waals surface area contributed by atoms with Gasteiger partial charge in [0.25, 0.3) is 0 Å². The van der Waals surface area contributed by atoms with Crippen LogP contribution in [0.2, 0.25) is 5.02 Å². The van der Waals surface area contributed by atoms with Crippen LogP contribution < -0.4 is 10.6 Å². The van der Waals surface area contributed by atoms with E-state index in [0.717, 1.165) is 22.7 Å². The number of amides is 1. The third-order valence-corrected chi connectivity index (χ3v) is 3.09. The molecular formula is C16H17ClN2O. The molecule has 0 saturated carbocycles. The van der Waals surface area contributed by atoms with Crippen molar-refractivity contribution >= 4 is 23.2 Å². The Balaban J connectivity index is 1.68. The molecule has 0 heterocycles. The topological polar surface area (TPSA) is 41.1 Å². The van der Waals surface area contributed by atoms with Crippen LogP contribution in [0.5, 0.6) is 0 Å². The monoisotopic (exact) mass is 288 g/mol. The lowest BCUT2D eigenvalue weighted by molar-refractivity contribution is -0.119. The number of rotatable bonds is 6. The first kappa shape index (κ1) is 14.4. The molecule has 1 amide bonds. The quantitative estimate of drug-likeness (QED) is 0.857. The summed E-state index contributed by atoms with van der Waals surface area (Å²) in [5, 5.41) is 6.67. The van der Waals surface area contributed by atoms with Gasteiger partial charge in [-0.2, -0.15) is 0 Å². The van der Waals surface area contributed by atoms with Crippen LogP contribution in [0.15, 0.2) is 54.6 Å². The maximum atomic E-state index is 11.7. The van der Waals surface area contributed by atoms with Crippen molar-refractivity contribution in [3.8, 4) is 0 Å².